The number of hydrogen-bond acceptors (Lipinski definition) is 6. The van der Waals surface area contributed by atoms with E-state index in [4.69, 9.17) is 4.42 Å². The molecule has 1 aromatic carbocycles. The van der Waals surface area contributed by atoms with Gasteiger partial charge in [-0.25, -0.2) is 0 Å². The van der Waals surface area contributed by atoms with Crippen LogP contribution in [0.15, 0.2) is 46.2 Å². The highest BCUT2D eigenvalue weighted by molar-refractivity contribution is 8.00. The molecule has 3 rings (SSSR count). The highest BCUT2D eigenvalue weighted by Gasteiger charge is 2.21. The highest BCUT2D eigenvalue weighted by Crippen LogP contribution is 2.29. The lowest BCUT2D eigenvalue weighted by Gasteiger charge is -2.11. The molecule has 142 valence electrons. The average Bonchev–Trinajstić information content (AvgIpc) is 3.20. The van der Waals surface area contributed by atoms with Gasteiger partial charge in [0.25, 0.3) is 0 Å². The lowest BCUT2D eigenvalue weighted by atomic mass is 10.1. The fourth-order valence-corrected chi connectivity index (χ4v) is 3.41. The number of benzene rings is 1. The van der Waals surface area contributed by atoms with Crippen molar-refractivity contribution in [1.29, 1.82) is 0 Å². The van der Waals surface area contributed by atoms with Crippen LogP contribution < -0.4 is 4.74 Å². The van der Waals surface area contributed by atoms with Gasteiger partial charge in [-0.1, -0.05) is 11.8 Å². The third-order valence-corrected chi connectivity index (χ3v) is 5.08. The molecule has 0 aliphatic carbocycles. The predicted molar refractivity (Wildman–Crippen MR) is 96.2 cm³/mol. The number of rotatable bonds is 7. The van der Waals surface area contributed by atoms with Gasteiger partial charge in [0.15, 0.2) is 16.8 Å². The number of carbonyl (C=O) groups excluding carboxylic acids is 1. The number of carbonyl (C=O) groups is 1. The van der Waals surface area contributed by atoms with Crippen LogP contribution in [0.5, 0.6) is 5.75 Å². The summed E-state index contributed by atoms with van der Waals surface area (Å²) in [5.74, 6) is 1.25. The van der Waals surface area contributed by atoms with Gasteiger partial charge in [0, 0.05) is 12.6 Å². The van der Waals surface area contributed by atoms with Gasteiger partial charge in [-0.2, -0.15) is 8.78 Å². The number of Topliss-reactive ketones (excluding diaryl/α,β-unsaturated/α-hetero) is 1. The number of ketones is 1. The normalized spacial score (nSPS) is 12.4. The zero-order chi connectivity index (χ0) is 19.6. The summed E-state index contributed by atoms with van der Waals surface area (Å²) in [5.41, 5.74) is 1.25. The second-order valence-corrected chi connectivity index (χ2v) is 7.09. The summed E-state index contributed by atoms with van der Waals surface area (Å²) in [7, 11) is 1.82. The van der Waals surface area contributed by atoms with E-state index in [0.29, 0.717) is 16.5 Å². The number of ether oxygens (including phenoxy) is 1. The summed E-state index contributed by atoms with van der Waals surface area (Å²) in [6.07, 6.45) is 1.58. The van der Waals surface area contributed by atoms with Crippen molar-refractivity contribution >= 4 is 17.5 Å². The Kier molecular flexibility index (Phi) is 5.59. The molecule has 2 aromatic heterocycles. The van der Waals surface area contributed by atoms with Crippen LogP contribution in [0.3, 0.4) is 0 Å². The first-order valence-corrected chi connectivity index (χ1v) is 8.94. The van der Waals surface area contributed by atoms with Gasteiger partial charge >= 0.3 is 6.61 Å². The van der Waals surface area contributed by atoms with Crippen molar-refractivity contribution in [3.8, 4) is 17.1 Å². The molecule has 27 heavy (non-hydrogen) atoms. The molecule has 0 unspecified atom stereocenters. The highest BCUT2D eigenvalue weighted by atomic mass is 32.2. The Bertz CT molecular complexity index is 938. The van der Waals surface area contributed by atoms with E-state index in [9.17, 15) is 13.6 Å². The van der Waals surface area contributed by atoms with Crippen molar-refractivity contribution in [3.63, 3.8) is 0 Å². The van der Waals surface area contributed by atoms with E-state index < -0.39 is 11.9 Å². The van der Waals surface area contributed by atoms with Crippen LogP contribution in [0.25, 0.3) is 11.4 Å². The van der Waals surface area contributed by atoms with Crippen LogP contribution in [-0.2, 0) is 7.05 Å². The Labute approximate surface area is 158 Å². The molecule has 0 spiro atoms. The summed E-state index contributed by atoms with van der Waals surface area (Å²) in [6, 6.07) is 7.44. The number of nitrogens with zero attached hydrogens (tertiary/aromatic N) is 3. The topological polar surface area (TPSA) is 70.2 Å². The summed E-state index contributed by atoms with van der Waals surface area (Å²) in [6.45, 7) is 0.698. The summed E-state index contributed by atoms with van der Waals surface area (Å²) in [5, 5.41) is 8.48. The maximum absolute atomic E-state index is 12.6. The molecule has 0 radical (unpaired) electrons. The fraction of sp³-hybridized carbons (Fsp3) is 0.278. The first-order chi connectivity index (χ1) is 12.9. The first kappa shape index (κ1) is 19.1. The van der Waals surface area contributed by atoms with Crippen molar-refractivity contribution in [1.82, 2.24) is 14.8 Å². The van der Waals surface area contributed by atoms with Crippen molar-refractivity contribution in [2.75, 3.05) is 0 Å². The smallest absolute Gasteiger partial charge is 0.387 e. The molecule has 0 aliphatic heterocycles. The van der Waals surface area contributed by atoms with E-state index in [-0.39, 0.29) is 11.5 Å². The van der Waals surface area contributed by atoms with Crippen molar-refractivity contribution in [2.24, 2.45) is 7.05 Å². The maximum Gasteiger partial charge on any atom is 0.387 e. The van der Waals surface area contributed by atoms with Gasteiger partial charge in [0.05, 0.1) is 17.1 Å². The molecular formula is C18H17F2N3O3S. The number of hydrogen-bond donors (Lipinski definition) is 0. The Morgan fingerprint density at radius 1 is 1.22 bits per heavy atom. The Hall–Kier alpha value is -2.68. The molecule has 9 heteroatoms. The molecule has 0 amide bonds. The molecule has 2 heterocycles. The predicted octanol–water partition coefficient (Wildman–Crippen LogP) is 4.35. The Morgan fingerprint density at radius 3 is 2.52 bits per heavy atom. The molecule has 0 saturated heterocycles. The molecule has 3 aromatic rings. The van der Waals surface area contributed by atoms with E-state index in [1.807, 2.05) is 20.0 Å². The van der Waals surface area contributed by atoms with Crippen molar-refractivity contribution in [2.45, 2.75) is 30.9 Å². The van der Waals surface area contributed by atoms with Crippen LogP contribution >= 0.6 is 11.8 Å². The molecule has 0 bridgehead atoms. The van der Waals surface area contributed by atoms with E-state index in [1.54, 1.807) is 17.8 Å². The Balaban J connectivity index is 1.72. The number of halogens is 2. The fourth-order valence-electron chi connectivity index (χ4n) is 2.52. The van der Waals surface area contributed by atoms with Gasteiger partial charge in [0.1, 0.15) is 11.5 Å². The molecule has 6 nitrogen and oxygen atoms in total. The van der Waals surface area contributed by atoms with Crippen LogP contribution in [0, 0.1) is 6.92 Å². The Morgan fingerprint density at radius 2 is 1.93 bits per heavy atom. The van der Waals surface area contributed by atoms with Gasteiger partial charge < -0.3 is 13.7 Å². The number of aromatic nitrogens is 3. The van der Waals surface area contributed by atoms with Crippen molar-refractivity contribution in [3.05, 3.63) is 47.9 Å². The molecule has 0 saturated carbocycles. The number of furan rings is 1. The van der Waals surface area contributed by atoms with Crippen LogP contribution in [-0.4, -0.2) is 32.4 Å². The number of thioether (sulfide) groups is 1. The molecular weight excluding hydrogens is 376 g/mol. The SMILES string of the molecule is Cc1occc1-c1nnc(S[C@H](C)C(=O)c2ccc(OC(F)F)cc2)n1C. The zero-order valence-electron chi connectivity index (χ0n) is 14.8. The van der Waals surface area contributed by atoms with E-state index >= 15 is 0 Å². The molecule has 0 aliphatic rings. The quantitative estimate of drug-likeness (QED) is 0.439. The number of aryl methyl sites for hydroxylation is 1. The summed E-state index contributed by atoms with van der Waals surface area (Å²) in [4.78, 5) is 12.6. The monoisotopic (exact) mass is 393 g/mol. The second-order valence-electron chi connectivity index (χ2n) is 5.78. The lowest BCUT2D eigenvalue weighted by molar-refractivity contribution is -0.0498. The molecule has 1 atom stereocenters. The minimum Gasteiger partial charge on any atom is -0.469 e. The van der Waals surface area contributed by atoms with Crippen molar-refractivity contribution < 1.29 is 22.7 Å². The minimum absolute atomic E-state index is 0.00952. The first-order valence-electron chi connectivity index (χ1n) is 8.06. The van der Waals surface area contributed by atoms with E-state index in [2.05, 4.69) is 14.9 Å². The van der Waals surface area contributed by atoms with Crippen LogP contribution in [0.4, 0.5) is 8.78 Å². The number of alkyl halides is 2. The summed E-state index contributed by atoms with van der Waals surface area (Å²) < 4.78 is 35.8. The summed E-state index contributed by atoms with van der Waals surface area (Å²) >= 11 is 1.27. The third-order valence-electron chi connectivity index (χ3n) is 3.95. The van der Waals surface area contributed by atoms with Gasteiger partial charge in [-0.3, -0.25) is 4.79 Å². The second kappa shape index (κ2) is 7.91. The van der Waals surface area contributed by atoms with Crippen LogP contribution in [0.1, 0.15) is 23.0 Å². The van der Waals surface area contributed by atoms with Gasteiger partial charge in [-0.15, -0.1) is 10.2 Å². The van der Waals surface area contributed by atoms with E-state index in [0.717, 1.165) is 11.3 Å². The standard InChI is InChI=1S/C18H17F2N3O3S/c1-10-14(8-9-25-10)16-21-22-18(23(16)3)27-11(2)15(24)12-4-6-13(7-5-12)26-17(19)20/h4-9,11,17H,1-3H3/t11-/m1/s1. The van der Waals surface area contributed by atoms with Gasteiger partial charge in [0.2, 0.25) is 0 Å². The third kappa shape index (κ3) is 4.19. The maximum atomic E-state index is 12.6. The van der Waals surface area contributed by atoms with Gasteiger partial charge in [-0.05, 0) is 44.2 Å². The lowest BCUT2D eigenvalue weighted by Crippen LogP contribution is -2.14. The van der Waals surface area contributed by atoms with E-state index in [1.165, 1.54) is 36.0 Å². The zero-order valence-corrected chi connectivity index (χ0v) is 15.7. The molecule has 0 fully saturated rings. The largest absolute Gasteiger partial charge is 0.469 e. The molecule has 0 N–H and O–H groups in total. The minimum atomic E-state index is -2.90. The average molecular weight is 393 g/mol. The van der Waals surface area contributed by atoms with Crippen LogP contribution in [0.2, 0.25) is 0 Å².